The van der Waals surface area contributed by atoms with Gasteiger partial charge in [0.1, 0.15) is 0 Å². The average molecular weight is 174 g/mol. The highest BCUT2D eigenvalue weighted by Gasteiger charge is 1.93. The quantitative estimate of drug-likeness (QED) is 0.610. The first-order valence-corrected chi connectivity index (χ1v) is 4.81. The Morgan fingerprint density at radius 2 is 2.42 bits per heavy atom. The summed E-state index contributed by atoms with van der Waals surface area (Å²) < 4.78 is 1.37. The standard InChI is InChI=1S/C11H10S/c1-2-10-8-9-6-4-3-5-7-11(9)12-10/h2-4,6-8H,1,5H2. The molecular formula is C11H10S. The van der Waals surface area contributed by atoms with E-state index in [1.807, 2.05) is 6.08 Å². The number of thiophene rings is 1. The van der Waals surface area contributed by atoms with E-state index in [2.05, 4.69) is 36.9 Å². The molecule has 0 nitrogen and oxygen atoms in total. The van der Waals surface area contributed by atoms with Crippen molar-refractivity contribution in [3.63, 3.8) is 0 Å². The Kier molecular flexibility index (Phi) is 1.96. The molecule has 0 N–H and O–H groups in total. The third-order valence-corrected chi connectivity index (χ3v) is 3.00. The van der Waals surface area contributed by atoms with Crippen LogP contribution in [0.2, 0.25) is 0 Å². The first kappa shape index (κ1) is 7.56. The van der Waals surface area contributed by atoms with Gasteiger partial charge in [-0.3, -0.25) is 0 Å². The molecule has 0 spiro atoms. The lowest BCUT2D eigenvalue weighted by Crippen LogP contribution is -2.15. The van der Waals surface area contributed by atoms with Crippen LogP contribution in [0.3, 0.4) is 0 Å². The fraction of sp³-hybridized carbons (Fsp3) is 0.0909. The van der Waals surface area contributed by atoms with E-state index in [1.54, 1.807) is 11.3 Å². The normalized spacial score (nSPS) is 14.0. The molecule has 1 aromatic rings. The summed E-state index contributed by atoms with van der Waals surface area (Å²) in [6, 6.07) is 2.18. The first-order chi connectivity index (χ1) is 5.90. The fourth-order valence-electron chi connectivity index (χ4n) is 1.26. The van der Waals surface area contributed by atoms with Crippen molar-refractivity contribution in [2.75, 3.05) is 0 Å². The van der Waals surface area contributed by atoms with Gasteiger partial charge < -0.3 is 0 Å². The summed E-state index contributed by atoms with van der Waals surface area (Å²) in [7, 11) is 0. The van der Waals surface area contributed by atoms with E-state index in [-0.39, 0.29) is 0 Å². The molecule has 1 aliphatic carbocycles. The van der Waals surface area contributed by atoms with Crippen molar-refractivity contribution in [2.45, 2.75) is 6.42 Å². The summed E-state index contributed by atoms with van der Waals surface area (Å²) >= 11 is 1.80. The van der Waals surface area contributed by atoms with Crippen LogP contribution >= 0.6 is 11.3 Å². The van der Waals surface area contributed by atoms with Gasteiger partial charge in [-0.25, -0.2) is 0 Å². The molecule has 1 aliphatic rings. The van der Waals surface area contributed by atoms with Crippen molar-refractivity contribution in [3.8, 4) is 0 Å². The molecule has 1 heterocycles. The lowest BCUT2D eigenvalue weighted by Gasteiger charge is -1.76. The molecule has 0 aromatic carbocycles. The van der Waals surface area contributed by atoms with Gasteiger partial charge in [-0.05, 0) is 17.7 Å². The van der Waals surface area contributed by atoms with E-state index >= 15 is 0 Å². The lowest BCUT2D eigenvalue weighted by atomic mass is 10.3. The maximum atomic E-state index is 3.76. The molecule has 0 unspecified atom stereocenters. The zero-order chi connectivity index (χ0) is 8.39. The van der Waals surface area contributed by atoms with Crippen LogP contribution in [0, 0.1) is 0 Å². The third-order valence-electron chi connectivity index (χ3n) is 1.86. The Bertz CT molecular complexity index is 432. The second-order valence-corrected chi connectivity index (χ2v) is 3.82. The minimum absolute atomic E-state index is 1.04. The number of allylic oxidation sites excluding steroid dienone is 2. The molecule has 1 heteroatoms. The van der Waals surface area contributed by atoms with E-state index in [4.69, 9.17) is 0 Å². The maximum Gasteiger partial charge on any atom is 0.0312 e. The van der Waals surface area contributed by atoms with E-state index in [0.29, 0.717) is 0 Å². The molecule has 2 rings (SSSR count). The second-order valence-electron chi connectivity index (χ2n) is 2.71. The molecule has 1 aromatic heterocycles. The summed E-state index contributed by atoms with van der Waals surface area (Å²) in [5.41, 5.74) is 0. The van der Waals surface area contributed by atoms with Crippen LogP contribution in [0.25, 0.3) is 18.2 Å². The van der Waals surface area contributed by atoms with E-state index in [1.165, 1.54) is 14.6 Å². The highest BCUT2D eigenvalue weighted by atomic mass is 32.1. The van der Waals surface area contributed by atoms with Gasteiger partial charge in [0.2, 0.25) is 0 Å². The number of hydrogen-bond donors (Lipinski definition) is 0. The third kappa shape index (κ3) is 1.28. The van der Waals surface area contributed by atoms with Crippen LogP contribution in [0.4, 0.5) is 0 Å². The van der Waals surface area contributed by atoms with Crippen LogP contribution in [0.15, 0.2) is 24.8 Å². The fourth-order valence-corrected chi connectivity index (χ4v) is 2.20. The van der Waals surface area contributed by atoms with E-state index in [9.17, 15) is 0 Å². The van der Waals surface area contributed by atoms with Crippen molar-refractivity contribution in [1.29, 1.82) is 0 Å². The zero-order valence-electron chi connectivity index (χ0n) is 6.79. The molecule has 0 saturated heterocycles. The lowest BCUT2D eigenvalue weighted by molar-refractivity contribution is 1.50. The van der Waals surface area contributed by atoms with Crippen molar-refractivity contribution < 1.29 is 0 Å². The molecular weight excluding hydrogens is 164 g/mol. The topological polar surface area (TPSA) is 0 Å². The van der Waals surface area contributed by atoms with Crippen LogP contribution < -0.4 is 9.75 Å². The SMILES string of the molecule is C=Cc1cc2c(s1)=CCC=CC=2. The predicted molar refractivity (Wildman–Crippen MR) is 56.3 cm³/mol. The van der Waals surface area contributed by atoms with Gasteiger partial charge in [-0.2, -0.15) is 0 Å². The van der Waals surface area contributed by atoms with Crippen LogP contribution in [-0.4, -0.2) is 0 Å². The molecule has 0 fully saturated rings. The monoisotopic (exact) mass is 174 g/mol. The highest BCUT2D eigenvalue weighted by Crippen LogP contribution is 2.02. The smallest absolute Gasteiger partial charge is 0.0312 e. The second kappa shape index (κ2) is 3.11. The summed E-state index contributed by atoms with van der Waals surface area (Å²) in [5.74, 6) is 0. The highest BCUT2D eigenvalue weighted by molar-refractivity contribution is 7.10. The average Bonchev–Trinajstić information content (AvgIpc) is 2.37. The van der Waals surface area contributed by atoms with Crippen molar-refractivity contribution in [2.24, 2.45) is 0 Å². The Balaban J connectivity index is 2.73. The van der Waals surface area contributed by atoms with Gasteiger partial charge in [0.05, 0.1) is 0 Å². The van der Waals surface area contributed by atoms with Gasteiger partial charge in [-0.15, -0.1) is 11.3 Å². The Morgan fingerprint density at radius 1 is 1.50 bits per heavy atom. The number of hydrogen-bond acceptors (Lipinski definition) is 1. The summed E-state index contributed by atoms with van der Waals surface area (Å²) in [6.45, 7) is 3.76. The Morgan fingerprint density at radius 3 is 3.25 bits per heavy atom. The minimum atomic E-state index is 1.04. The van der Waals surface area contributed by atoms with Gasteiger partial charge in [-0.1, -0.05) is 37.0 Å². The summed E-state index contributed by atoms with van der Waals surface area (Å²) in [5, 5.41) is 1.32. The van der Waals surface area contributed by atoms with Crippen LogP contribution in [0.5, 0.6) is 0 Å². The van der Waals surface area contributed by atoms with Gasteiger partial charge in [0.25, 0.3) is 0 Å². The molecule has 60 valence electrons. The summed E-state index contributed by atoms with van der Waals surface area (Å²) in [6.07, 6.45) is 11.6. The number of fused-ring (bicyclic) bond motifs is 1. The molecule has 0 atom stereocenters. The van der Waals surface area contributed by atoms with Gasteiger partial charge in [0, 0.05) is 9.41 Å². The van der Waals surface area contributed by atoms with Crippen LogP contribution in [0.1, 0.15) is 11.3 Å². The van der Waals surface area contributed by atoms with E-state index in [0.717, 1.165) is 6.42 Å². The van der Waals surface area contributed by atoms with Crippen LogP contribution in [-0.2, 0) is 0 Å². The van der Waals surface area contributed by atoms with Crippen molar-refractivity contribution >= 4 is 29.6 Å². The van der Waals surface area contributed by atoms with E-state index < -0.39 is 0 Å². The molecule has 0 saturated carbocycles. The Labute approximate surface area is 75.9 Å². The summed E-state index contributed by atoms with van der Waals surface area (Å²) in [4.78, 5) is 1.25. The minimum Gasteiger partial charge on any atom is -0.136 e. The number of rotatable bonds is 1. The van der Waals surface area contributed by atoms with Gasteiger partial charge >= 0.3 is 0 Å². The molecule has 0 bridgehead atoms. The molecule has 0 aliphatic heterocycles. The predicted octanol–water partition coefficient (Wildman–Crippen LogP) is 1.91. The molecule has 0 radical (unpaired) electrons. The first-order valence-electron chi connectivity index (χ1n) is 3.99. The Hall–Kier alpha value is -1.08. The maximum absolute atomic E-state index is 3.76. The van der Waals surface area contributed by atoms with Crippen molar-refractivity contribution in [1.82, 2.24) is 0 Å². The zero-order valence-corrected chi connectivity index (χ0v) is 7.60. The largest absolute Gasteiger partial charge is 0.136 e. The van der Waals surface area contributed by atoms with Crippen molar-refractivity contribution in [3.05, 3.63) is 39.4 Å². The molecule has 12 heavy (non-hydrogen) atoms. The molecule has 0 amide bonds. The van der Waals surface area contributed by atoms with Gasteiger partial charge in [0.15, 0.2) is 0 Å².